The van der Waals surface area contributed by atoms with Gasteiger partial charge in [-0.2, -0.15) is 0 Å². The first kappa shape index (κ1) is 12.5. The second kappa shape index (κ2) is 5.61. The molecule has 1 N–H and O–H groups in total. The van der Waals surface area contributed by atoms with Crippen molar-refractivity contribution in [2.75, 3.05) is 20.2 Å². The first-order chi connectivity index (χ1) is 8.22. The molecule has 2 atom stereocenters. The van der Waals surface area contributed by atoms with Crippen LogP contribution in [0.1, 0.15) is 30.1 Å². The summed E-state index contributed by atoms with van der Waals surface area (Å²) in [6.07, 6.45) is 2.39. The summed E-state index contributed by atoms with van der Waals surface area (Å²) in [5.74, 6) is 0.310. The molecule has 17 heavy (non-hydrogen) atoms. The van der Waals surface area contributed by atoms with Crippen molar-refractivity contribution in [2.45, 2.75) is 25.9 Å². The van der Waals surface area contributed by atoms with E-state index < -0.39 is 0 Å². The second-order valence-electron chi connectivity index (χ2n) is 4.75. The Bertz CT molecular complexity index is 378. The zero-order chi connectivity index (χ0) is 12.3. The topological polar surface area (TPSA) is 21.3 Å². The quantitative estimate of drug-likeness (QED) is 0.872. The van der Waals surface area contributed by atoms with Crippen molar-refractivity contribution >= 4 is 0 Å². The molecule has 1 heterocycles. The van der Waals surface area contributed by atoms with Crippen molar-refractivity contribution < 1.29 is 9.13 Å². The molecule has 0 amide bonds. The summed E-state index contributed by atoms with van der Waals surface area (Å²) in [6, 6.07) is 4.98. The molecule has 2 rings (SSSR count). The summed E-state index contributed by atoms with van der Waals surface area (Å²) in [5, 5.41) is 3.21. The number of halogens is 1. The van der Waals surface area contributed by atoms with Gasteiger partial charge in [-0.3, -0.25) is 0 Å². The Balaban J connectivity index is 2.23. The van der Waals surface area contributed by atoms with Crippen molar-refractivity contribution in [1.82, 2.24) is 5.32 Å². The summed E-state index contributed by atoms with van der Waals surface area (Å²) >= 11 is 0. The fourth-order valence-electron chi connectivity index (χ4n) is 2.62. The lowest BCUT2D eigenvalue weighted by Crippen LogP contribution is -2.30. The van der Waals surface area contributed by atoms with Crippen molar-refractivity contribution in [3.63, 3.8) is 0 Å². The van der Waals surface area contributed by atoms with E-state index in [0.717, 1.165) is 30.7 Å². The maximum atomic E-state index is 13.1. The van der Waals surface area contributed by atoms with E-state index >= 15 is 0 Å². The summed E-state index contributed by atoms with van der Waals surface area (Å²) < 4.78 is 19.0. The van der Waals surface area contributed by atoms with Gasteiger partial charge in [-0.15, -0.1) is 0 Å². The predicted octanol–water partition coefficient (Wildman–Crippen LogP) is 2.82. The summed E-state index contributed by atoms with van der Waals surface area (Å²) in [6.45, 7) is 3.70. The average molecular weight is 237 g/mol. The molecule has 1 aliphatic rings. The molecule has 3 heteroatoms. The van der Waals surface area contributed by atoms with Gasteiger partial charge in [0.1, 0.15) is 5.82 Å². The Kier molecular flexibility index (Phi) is 4.13. The predicted molar refractivity (Wildman–Crippen MR) is 66.5 cm³/mol. The number of aryl methyl sites for hydroxylation is 1. The number of benzene rings is 1. The van der Waals surface area contributed by atoms with Crippen molar-refractivity contribution in [3.05, 3.63) is 35.1 Å². The molecule has 0 bridgehead atoms. The molecule has 0 spiro atoms. The van der Waals surface area contributed by atoms with Gasteiger partial charge >= 0.3 is 0 Å². The van der Waals surface area contributed by atoms with Gasteiger partial charge in [-0.05, 0) is 50.1 Å². The molecule has 1 saturated heterocycles. The molecule has 2 unspecified atom stereocenters. The summed E-state index contributed by atoms with van der Waals surface area (Å²) in [5.41, 5.74) is 2.12. The number of ether oxygens (including phenoxy) is 1. The van der Waals surface area contributed by atoms with Crippen LogP contribution in [-0.4, -0.2) is 20.2 Å². The van der Waals surface area contributed by atoms with E-state index in [1.54, 1.807) is 6.07 Å². The van der Waals surface area contributed by atoms with Crippen LogP contribution in [0, 0.1) is 18.7 Å². The Hall–Kier alpha value is -0.930. The van der Waals surface area contributed by atoms with Crippen LogP contribution in [0.3, 0.4) is 0 Å². The Morgan fingerprint density at radius 2 is 2.29 bits per heavy atom. The van der Waals surface area contributed by atoms with E-state index in [4.69, 9.17) is 4.74 Å². The van der Waals surface area contributed by atoms with Gasteiger partial charge in [0.05, 0.1) is 6.10 Å². The highest BCUT2D eigenvalue weighted by Crippen LogP contribution is 2.34. The standard InChI is InChI=1S/C14H20FNO/c1-10-8-12(15)5-6-13(10)14-11(9-16-2)4-3-7-17-14/h5-6,8,11,14,16H,3-4,7,9H2,1-2H3. The molecule has 1 fully saturated rings. The van der Waals surface area contributed by atoms with E-state index in [9.17, 15) is 4.39 Å². The third-order valence-corrected chi connectivity index (χ3v) is 3.45. The Morgan fingerprint density at radius 1 is 1.47 bits per heavy atom. The minimum atomic E-state index is -0.174. The SMILES string of the molecule is CNCC1CCCOC1c1ccc(F)cc1C. The Labute approximate surface area is 102 Å². The fraction of sp³-hybridized carbons (Fsp3) is 0.571. The van der Waals surface area contributed by atoms with E-state index in [1.807, 2.05) is 20.0 Å². The minimum absolute atomic E-state index is 0.108. The fourth-order valence-corrected chi connectivity index (χ4v) is 2.62. The molecular formula is C14H20FNO. The molecule has 1 aromatic rings. The van der Waals surface area contributed by atoms with Crippen LogP contribution < -0.4 is 5.32 Å². The van der Waals surface area contributed by atoms with Gasteiger partial charge in [-0.1, -0.05) is 6.07 Å². The highest BCUT2D eigenvalue weighted by Gasteiger charge is 2.27. The first-order valence-electron chi connectivity index (χ1n) is 6.24. The average Bonchev–Trinajstić information content (AvgIpc) is 2.31. The minimum Gasteiger partial charge on any atom is -0.373 e. The molecule has 0 aromatic heterocycles. The molecule has 0 radical (unpaired) electrons. The van der Waals surface area contributed by atoms with Crippen LogP contribution >= 0.6 is 0 Å². The van der Waals surface area contributed by atoms with Gasteiger partial charge in [0.15, 0.2) is 0 Å². The van der Waals surface area contributed by atoms with E-state index in [-0.39, 0.29) is 11.9 Å². The van der Waals surface area contributed by atoms with Crippen molar-refractivity contribution in [1.29, 1.82) is 0 Å². The molecule has 1 aliphatic heterocycles. The molecule has 1 aromatic carbocycles. The van der Waals surface area contributed by atoms with E-state index in [1.165, 1.54) is 12.5 Å². The summed E-state index contributed by atoms with van der Waals surface area (Å²) in [4.78, 5) is 0. The molecule has 0 saturated carbocycles. The smallest absolute Gasteiger partial charge is 0.123 e. The second-order valence-corrected chi connectivity index (χ2v) is 4.75. The maximum absolute atomic E-state index is 13.1. The zero-order valence-electron chi connectivity index (χ0n) is 10.5. The molecule has 94 valence electrons. The van der Waals surface area contributed by atoms with Gasteiger partial charge in [0.2, 0.25) is 0 Å². The lowest BCUT2D eigenvalue weighted by atomic mass is 9.87. The Morgan fingerprint density at radius 3 is 3.00 bits per heavy atom. The van der Waals surface area contributed by atoms with Gasteiger partial charge in [-0.25, -0.2) is 4.39 Å². The highest BCUT2D eigenvalue weighted by molar-refractivity contribution is 5.29. The molecule has 0 aliphatic carbocycles. The molecular weight excluding hydrogens is 217 g/mol. The van der Waals surface area contributed by atoms with Crippen LogP contribution in [0.2, 0.25) is 0 Å². The lowest BCUT2D eigenvalue weighted by Gasteiger charge is -2.33. The largest absolute Gasteiger partial charge is 0.373 e. The van der Waals surface area contributed by atoms with E-state index in [0.29, 0.717) is 5.92 Å². The first-order valence-corrected chi connectivity index (χ1v) is 6.24. The number of nitrogens with one attached hydrogen (secondary N) is 1. The monoisotopic (exact) mass is 237 g/mol. The number of rotatable bonds is 3. The normalized spacial score (nSPS) is 24.9. The maximum Gasteiger partial charge on any atom is 0.123 e. The van der Waals surface area contributed by atoms with Crippen molar-refractivity contribution in [2.24, 2.45) is 5.92 Å². The third kappa shape index (κ3) is 2.85. The van der Waals surface area contributed by atoms with E-state index in [2.05, 4.69) is 5.32 Å². The zero-order valence-corrected chi connectivity index (χ0v) is 10.5. The highest BCUT2D eigenvalue weighted by atomic mass is 19.1. The van der Waals surface area contributed by atoms with Gasteiger partial charge in [0, 0.05) is 19.1 Å². The van der Waals surface area contributed by atoms with Gasteiger partial charge in [0.25, 0.3) is 0 Å². The lowest BCUT2D eigenvalue weighted by molar-refractivity contribution is -0.0276. The summed E-state index contributed by atoms with van der Waals surface area (Å²) in [7, 11) is 1.96. The molecule has 2 nitrogen and oxygen atoms in total. The number of hydrogen-bond acceptors (Lipinski definition) is 2. The van der Waals surface area contributed by atoms with Crippen LogP contribution in [0.5, 0.6) is 0 Å². The van der Waals surface area contributed by atoms with Crippen LogP contribution in [0.25, 0.3) is 0 Å². The van der Waals surface area contributed by atoms with Crippen LogP contribution in [-0.2, 0) is 4.74 Å². The third-order valence-electron chi connectivity index (χ3n) is 3.45. The number of hydrogen-bond donors (Lipinski definition) is 1. The van der Waals surface area contributed by atoms with Crippen LogP contribution in [0.4, 0.5) is 4.39 Å². The van der Waals surface area contributed by atoms with Gasteiger partial charge < -0.3 is 10.1 Å². The van der Waals surface area contributed by atoms with Crippen molar-refractivity contribution in [3.8, 4) is 0 Å². The van der Waals surface area contributed by atoms with Crippen LogP contribution in [0.15, 0.2) is 18.2 Å².